The van der Waals surface area contributed by atoms with E-state index in [1.165, 1.54) is 36.2 Å². The average molecular weight is 296 g/mol. The lowest BCUT2D eigenvalue weighted by Gasteiger charge is -2.20. The van der Waals surface area contributed by atoms with Gasteiger partial charge in [-0.3, -0.25) is 4.90 Å². The number of benzene rings is 1. The largest absolute Gasteiger partial charge is 0.330 e. The van der Waals surface area contributed by atoms with Crippen LogP contribution in [0.1, 0.15) is 42.5 Å². The molecule has 1 aromatic carbocycles. The van der Waals surface area contributed by atoms with Crippen LogP contribution in [-0.4, -0.2) is 34.8 Å². The SMILES string of the molecule is CN1CC(CN)CC1c1ccc(-n2nccc2C2CC2)cc1. The van der Waals surface area contributed by atoms with Crippen LogP contribution < -0.4 is 5.73 Å². The highest BCUT2D eigenvalue weighted by atomic mass is 15.3. The maximum atomic E-state index is 5.84. The first kappa shape index (κ1) is 14.0. The molecule has 4 heteroatoms. The lowest BCUT2D eigenvalue weighted by molar-refractivity contribution is 0.313. The van der Waals surface area contributed by atoms with Gasteiger partial charge in [-0.15, -0.1) is 0 Å². The molecule has 4 nitrogen and oxygen atoms in total. The topological polar surface area (TPSA) is 47.1 Å². The van der Waals surface area contributed by atoms with Crippen molar-refractivity contribution in [2.75, 3.05) is 20.1 Å². The van der Waals surface area contributed by atoms with Gasteiger partial charge in [0, 0.05) is 30.4 Å². The first-order valence-corrected chi connectivity index (χ1v) is 8.31. The fourth-order valence-corrected chi connectivity index (χ4v) is 3.72. The Kier molecular flexibility index (Phi) is 3.51. The van der Waals surface area contributed by atoms with E-state index in [9.17, 15) is 0 Å². The Hall–Kier alpha value is -1.65. The molecule has 1 aliphatic carbocycles. The van der Waals surface area contributed by atoms with Crippen LogP contribution in [0.5, 0.6) is 0 Å². The second kappa shape index (κ2) is 5.52. The van der Waals surface area contributed by atoms with Crippen LogP contribution in [-0.2, 0) is 0 Å². The standard InChI is InChI=1S/C18H24N4/c1-21-12-13(11-19)10-18(21)15-4-6-16(7-5-15)22-17(8-9-20-22)14-2-3-14/h4-9,13-14,18H,2-3,10-12,19H2,1H3. The Morgan fingerprint density at radius 2 is 1.95 bits per heavy atom. The Bertz CT molecular complexity index is 641. The quantitative estimate of drug-likeness (QED) is 0.943. The maximum Gasteiger partial charge on any atom is 0.0649 e. The van der Waals surface area contributed by atoms with Crippen molar-refractivity contribution < 1.29 is 0 Å². The molecule has 1 aromatic heterocycles. The summed E-state index contributed by atoms with van der Waals surface area (Å²) in [6, 6.07) is 11.6. The molecule has 2 heterocycles. The molecule has 0 amide bonds. The van der Waals surface area contributed by atoms with Crippen LogP contribution in [0.3, 0.4) is 0 Å². The number of likely N-dealkylation sites (tertiary alicyclic amines) is 1. The molecule has 2 aromatic rings. The van der Waals surface area contributed by atoms with Gasteiger partial charge in [0.05, 0.1) is 5.69 Å². The van der Waals surface area contributed by atoms with E-state index in [0.717, 1.165) is 13.1 Å². The summed E-state index contributed by atoms with van der Waals surface area (Å²) in [5.41, 5.74) is 9.76. The molecule has 1 saturated heterocycles. The maximum absolute atomic E-state index is 5.84. The number of aromatic nitrogens is 2. The van der Waals surface area contributed by atoms with Crippen LogP contribution in [0.4, 0.5) is 0 Å². The van der Waals surface area contributed by atoms with Crippen molar-refractivity contribution in [2.24, 2.45) is 11.7 Å². The molecule has 2 atom stereocenters. The minimum absolute atomic E-state index is 0.503. The second-order valence-electron chi connectivity index (χ2n) is 6.83. The zero-order valence-corrected chi connectivity index (χ0v) is 13.2. The van der Waals surface area contributed by atoms with Gasteiger partial charge in [0.25, 0.3) is 0 Å². The Morgan fingerprint density at radius 3 is 2.59 bits per heavy atom. The summed E-state index contributed by atoms with van der Waals surface area (Å²) in [6.07, 6.45) is 5.69. The van der Waals surface area contributed by atoms with Gasteiger partial charge in [0.15, 0.2) is 0 Å². The van der Waals surface area contributed by atoms with Crippen molar-refractivity contribution in [3.05, 3.63) is 47.8 Å². The Balaban J connectivity index is 1.57. The number of rotatable bonds is 4. The van der Waals surface area contributed by atoms with E-state index in [1.54, 1.807) is 0 Å². The van der Waals surface area contributed by atoms with Crippen LogP contribution in [0.2, 0.25) is 0 Å². The van der Waals surface area contributed by atoms with Gasteiger partial charge in [-0.05, 0) is 62.5 Å². The van der Waals surface area contributed by atoms with E-state index < -0.39 is 0 Å². The van der Waals surface area contributed by atoms with Crippen LogP contribution in [0.15, 0.2) is 36.5 Å². The fraction of sp³-hybridized carbons (Fsp3) is 0.500. The highest BCUT2D eigenvalue weighted by Gasteiger charge is 2.30. The molecule has 2 unspecified atom stereocenters. The second-order valence-corrected chi connectivity index (χ2v) is 6.83. The lowest BCUT2D eigenvalue weighted by Crippen LogP contribution is -2.20. The van der Waals surface area contributed by atoms with Crippen LogP contribution in [0.25, 0.3) is 5.69 Å². The normalized spacial score (nSPS) is 25.7. The molecule has 22 heavy (non-hydrogen) atoms. The predicted octanol–water partition coefficient (Wildman–Crippen LogP) is 2.70. The summed E-state index contributed by atoms with van der Waals surface area (Å²) < 4.78 is 2.10. The molecule has 2 aliphatic rings. The zero-order valence-electron chi connectivity index (χ0n) is 13.2. The first-order chi connectivity index (χ1) is 10.8. The molecular formula is C18H24N4. The average Bonchev–Trinajstić information content (AvgIpc) is 3.15. The molecule has 1 aliphatic heterocycles. The molecule has 0 radical (unpaired) electrons. The Morgan fingerprint density at radius 1 is 1.18 bits per heavy atom. The summed E-state index contributed by atoms with van der Waals surface area (Å²) in [7, 11) is 2.20. The molecule has 1 saturated carbocycles. The fourth-order valence-electron chi connectivity index (χ4n) is 3.72. The minimum Gasteiger partial charge on any atom is -0.330 e. The van der Waals surface area contributed by atoms with E-state index in [2.05, 4.69) is 52.1 Å². The third-order valence-electron chi connectivity index (χ3n) is 5.16. The van der Waals surface area contributed by atoms with Gasteiger partial charge in [0.1, 0.15) is 0 Å². The van der Waals surface area contributed by atoms with Crippen molar-refractivity contribution in [1.29, 1.82) is 0 Å². The summed E-state index contributed by atoms with van der Waals surface area (Å²) in [5, 5.41) is 4.50. The summed E-state index contributed by atoms with van der Waals surface area (Å²) >= 11 is 0. The third kappa shape index (κ3) is 2.46. The van der Waals surface area contributed by atoms with Gasteiger partial charge in [-0.2, -0.15) is 5.10 Å². The number of hydrogen-bond acceptors (Lipinski definition) is 3. The first-order valence-electron chi connectivity index (χ1n) is 8.31. The molecular weight excluding hydrogens is 272 g/mol. The molecule has 0 bridgehead atoms. The predicted molar refractivity (Wildman–Crippen MR) is 88.1 cm³/mol. The molecule has 0 spiro atoms. The Labute approximate surface area is 131 Å². The van der Waals surface area contributed by atoms with Crippen molar-refractivity contribution in [3.8, 4) is 5.69 Å². The molecule has 2 N–H and O–H groups in total. The van der Waals surface area contributed by atoms with Crippen molar-refractivity contribution in [2.45, 2.75) is 31.2 Å². The van der Waals surface area contributed by atoms with Gasteiger partial charge in [-0.25, -0.2) is 4.68 Å². The molecule has 4 rings (SSSR count). The number of hydrogen-bond donors (Lipinski definition) is 1. The van der Waals surface area contributed by atoms with Crippen molar-refractivity contribution in [1.82, 2.24) is 14.7 Å². The van der Waals surface area contributed by atoms with E-state index in [-0.39, 0.29) is 0 Å². The summed E-state index contributed by atoms with van der Waals surface area (Å²) in [6.45, 7) is 1.89. The van der Waals surface area contributed by atoms with Crippen molar-refractivity contribution in [3.63, 3.8) is 0 Å². The lowest BCUT2D eigenvalue weighted by atomic mass is 10.00. The van der Waals surface area contributed by atoms with E-state index >= 15 is 0 Å². The van der Waals surface area contributed by atoms with Crippen molar-refractivity contribution >= 4 is 0 Å². The molecule has 116 valence electrons. The highest BCUT2D eigenvalue weighted by Crippen LogP contribution is 2.40. The van der Waals surface area contributed by atoms with E-state index in [0.29, 0.717) is 17.9 Å². The van der Waals surface area contributed by atoms with Crippen LogP contribution in [0, 0.1) is 5.92 Å². The van der Waals surface area contributed by atoms with E-state index in [4.69, 9.17) is 5.73 Å². The van der Waals surface area contributed by atoms with E-state index in [1.807, 2.05) is 6.20 Å². The van der Waals surface area contributed by atoms with Gasteiger partial charge in [-0.1, -0.05) is 12.1 Å². The zero-order chi connectivity index (χ0) is 15.1. The van der Waals surface area contributed by atoms with Gasteiger partial charge >= 0.3 is 0 Å². The number of nitrogens with zero attached hydrogens (tertiary/aromatic N) is 3. The van der Waals surface area contributed by atoms with Gasteiger partial charge < -0.3 is 5.73 Å². The minimum atomic E-state index is 0.503. The number of nitrogens with two attached hydrogens (primary N) is 1. The summed E-state index contributed by atoms with van der Waals surface area (Å²) in [4.78, 5) is 2.43. The summed E-state index contributed by atoms with van der Waals surface area (Å²) in [5.74, 6) is 1.34. The van der Waals surface area contributed by atoms with Gasteiger partial charge in [0.2, 0.25) is 0 Å². The highest BCUT2D eigenvalue weighted by molar-refractivity contribution is 5.38. The monoisotopic (exact) mass is 296 g/mol. The smallest absolute Gasteiger partial charge is 0.0649 e. The molecule has 2 fully saturated rings. The third-order valence-corrected chi connectivity index (χ3v) is 5.16. The van der Waals surface area contributed by atoms with Crippen LogP contribution >= 0.6 is 0 Å².